The Kier molecular flexibility index (Phi) is 6.52. The summed E-state index contributed by atoms with van der Waals surface area (Å²) in [7, 11) is 1.54. The number of benzene rings is 2. The lowest BCUT2D eigenvalue weighted by atomic mass is 10.1. The lowest BCUT2D eigenvalue weighted by Gasteiger charge is -2.13. The van der Waals surface area contributed by atoms with Gasteiger partial charge in [-0.25, -0.2) is 0 Å². The highest BCUT2D eigenvalue weighted by Gasteiger charge is 2.16. The number of hydrogen-bond donors (Lipinski definition) is 2. The summed E-state index contributed by atoms with van der Waals surface area (Å²) in [6.45, 7) is 2.55. The number of ether oxygens (including phenoxy) is 2. The standard InChI is InChI=1S/C22H22N2O5/c1-3-28-20-13-15(10-11-19(20)27-2)21(25)24-18-9-5-4-8-17(18)22(26)23-14-16-7-6-12-29-16/h4-13H,3,14H2,1-2H3,(H,23,26)(H,24,25). The molecule has 2 amide bonds. The Labute approximate surface area is 168 Å². The molecule has 0 atom stereocenters. The second-order valence-electron chi connectivity index (χ2n) is 6.06. The van der Waals surface area contributed by atoms with E-state index in [2.05, 4.69) is 10.6 Å². The van der Waals surface area contributed by atoms with Gasteiger partial charge in [-0.15, -0.1) is 0 Å². The molecule has 2 aromatic carbocycles. The van der Waals surface area contributed by atoms with Gasteiger partial charge in [-0.05, 0) is 49.4 Å². The van der Waals surface area contributed by atoms with Gasteiger partial charge >= 0.3 is 0 Å². The maximum Gasteiger partial charge on any atom is 0.255 e. The summed E-state index contributed by atoms with van der Waals surface area (Å²) >= 11 is 0. The van der Waals surface area contributed by atoms with Gasteiger partial charge in [-0.2, -0.15) is 0 Å². The zero-order chi connectivity index (χ0) is 20.6. The number of para-hydroxylation sites is 1. The van der Waals surface area contributed by atoms with E-state index >= 15 is 0 Å². The molecule has 0 aliphatic carbocycles. The van der Waals surface area contributed by atoms with Crippen molar-refractivity contribution in [2.75, 3.05) is 19.0 Å². The summed E-state index contributed by atoms with van der Waals surface area (Å²) in [6.07, 6.45) is 1.54. The van der Waals surface area contributed by atoms with E-state index in [1.165, 1.54) is 7.11 Å². The summed E-state index contributed by atoms with van der Waals surface area (Å²) in [4.78, 5) is 25.3. The summed E-state index contributed by atoms with van der Waals surface area (Å²) < 4.78 is 16.0. The third kappa shape index (κ3) is 4.95. The monoisotopic (exact) mass is 394 g/mol. The van der Waals surface area contributed by atoms with Gasteiger partial charge in [0, 0.05) is 5.56 Å². The molecular formula is C22H22N2O5. The minimum absolute atomic E-state index is 0.254. The van der Waals surface area contributed by atoms with Crippen molar-refractivity contribution < 1.29 is 23.5 Å². The van der Waals surface area contributed by atoms with Gasteiger partial charge in [0.25, 0.3) is 11.8 Å². The lowest BCUT2D eigenvalue weighted by molar-refractivity contribution is 0.0949. The second kappa shape index (κ2) is 9.45. The summed E-state index contributed by atoms with van der Waals surface area (Å²) in [6, 6.07) is 15.2. The zero-order valence-corrected chi connectivity index (χ0v) is 16.2. The van der Waals surface area contributed by atoms with Gasteiger partial charge < -0.3 is 24.5 Å². The van der Waals surface area contributed by atoms with E-state index in [4.69, 9.17) is 13.9 Å². The molecule has 7 heteroatoms. The fourth-order valence-electron chi connectivity index (χ4n) is 2.75. The largest absolute Gasteiger partial charge is 0.493 e. The lowest BCUT2D eigenvalue weighted by Crippen LogP contribution is -2.24. The fraction of sp³-hybridized carbons (Fsp3) is 0.182. The number of carbonyl (C=O) groups is 2. The van der Waals surface area contributed by atoms with Crippen LogP contribution in [0.25, 0.3) is 0 Å². The van der Waals surface area contributed by atoms with Crippen LogP contribution in [0.4, 0.5) is 5.69 Å². The van der Waals surface area contributed by atoms with Crippen LogP contribution in [0.2, 0.25) is 0 Å². The molecule has 0 bridgehead atoms. The predicted molar refractivity (Wildman–Crippen MR) is 108 cm³/mol. The Bertz CT molecular complexity index is 983. The molecule has 3 rings (SSSR count). The highest BCUT2D eigenvalue weighted by atomic mass is 16.5. The Morgan fingerprint density at radius 3 is 2.55 bits per heavy atom. The average molecular weight is 394 g/mol. The van der Waals surface area contributed by atoms with Crippen LogP contribution in [-0.4, -0.2) is 25.5 Å². The van der Waals surface area contributed by atoms with Crippen molar-refractivity contribution >= 4 is 17.5 Å². The van der Waals surface area contributed by atoms with Crippen molar-refractivity contribution in [1.29, 1.82) is 0 Å². The third-order valence-electron chi connectivity index (χ3n) is 4.15. The maximum absolute atomic E-state index is 12.7. The topological polar surface area (TPSA) is 89.8 Å². The van der Waals surface area contributed by atoms with Gasteiger partial charge in [0.1, 0.15) is 5.76 Å². The zero-order valence-electron chi connectivity index (χ0n) is 16.2. The van der Waals surface area contributed by atoms with Gasteiger partial charge in [-0.3, -0.25) is 9.59 Å². The number of hydrogen-bond acceptors (Lipinski definition) is 5. The van der Waals surface area contributed by atoms with Crippen molar-refractivity contribution in [1.82, 2.24) is 5.32 Å². The van der Waals surface area contributed by atoms with E-state index in [1.54, 1.807) is 60.9 Å². The number of carbonyl (C=O) groups excluding carboxylic acids is 2. The van der Waals surface area contributed by atoms with E-state index in [0.717, 1.165) is 0 Å². The van der Waals surface area contributed by atoms with Crippen LogP contribution in [0.15, 0.2) is 65.3 Å². The number of amides is 2. The molecule has 150 valence electrons. The minimum atomic E-state index is -0.361. The van der Waals surface area contributed by atoms with Crippen LogP contribution >= 0.6 is 0 Å². The molecule has 3 aromatic rings. The van der Waals surface area contributed by atoms with Crippen molar-refractivity contribution in [3.63, 3.8) is 0 Å². The smallest absolute Gasteiger partial charge is 0.255 e. The van der Waals surface area contributed by atoms with Crippen molar-refractivity contribution in [3.05, 3.63) is 77.7 Å². The molecule has 0 aliphatic rings. The number of furan rings is 1. The average Bonchev–Trinajstić information content (AvgIpc) is 3.26. The summed E-state index contributed by atoms with van der Waals surface area (Å²) in [5, 5.41) is 5.56. The first kappa shape index (κ1) is 20.0. The van der Waals surface area contributed by atoms with Crippen LogP contribution < -0.4 is 20.1 Å². The highest BCUT2D eigenvalue weighted by molar-refractivity contribution is 6.09. The van der Waals surface area contributed by atoms with E-state index in [0.29, 0.717) is 40.7 Å². The quantitative estimate of drug-likeness (QED) is 0.605. The highest BCUT2D eigenvalue weighted by Crippen LogP contribution is 2.28. The van der Waals surface area contributed by atoms with Crippen LogP contribution in [0, 0.1) is 0 Å². The van der Waals surface area contributed by atoms with Crippen LogP contribution in [0.5, 0.6) is 11.5 Å². The van der Waals surface area contributed by atoms with Crippen LogP contribution in [0.1, 0.15) is 33.4 Å². The predicted octanol–water partition coefficient (Wildman–Crippen LogP) is 3.87. The van der Waals surface area contributed by atoms with Crippen molar-refractivity contribution in [2.24, 2.45) is 0 Å². The Morgan fingerprint density at radius 2 is 1.83 bits per heavy atom. The molecule has 0 saturated carbocycles. The second-order valence-corrected chi connectivity index (χ2v) is 6.06. The van der Waals surface area contributed by atoms with E-state index in [1.807, 2.05) is 6.92 Å². The molecular weight excluding hydrogens is 372 g/mol. The van der Waals surface area contributed by atoms with E-state index < -0.39 is 0 Å². The van der Waals surface area contributed by atoms with Gasteiger partial charge in [0.15, 0.2) is 11.5 Å². The van der Waals surface area contributed by atoms with Crippen molar-refractivity contribution in [3.8, 4) is 11.5 Å². The number of rotatable bonds is 8. The summed E-state index contributed by atoms with van der Waals surface area (Å²) in [5.74, 6) is 0.983. The molecule has 0 saturated heterocycles. The molecule has 0 fully saturated rings. The Morgan fingerprint density at radius 1 is 1.00 bits per heavy atom. The third-order valence-corrected chi connectivity index (χ3v) is 4.15. The molecule has 0 aliphatic heterocycles. The molecule has 0 unspecified atom stereocenters. The number of anilines is 1. The first-order valence-electron chi connectivity index (χ1n) is 9.14. The molecule has 2 N–H and O–H groups in total. The fourth-order valence-corrected chi connectivity index (χ4v) is 2.75. The van der Waals surface area contributed by atoms with Gasteiger partial charge in [-0.1, -0.05) is 12.1 Å². The minimum Gasteiger partial charge on any atom is -0.493 e. The molecule has 1 heterocycles. The first-order chi connectivity index (χ1) is 14.1. The molecule has 0 spiro atoms. The Hall–Kier alpha value is -3.74. The Balaban J connectivity index is 1.75. The molecule has 7 nitrogen and oxygen atoms in total. The SMILES string of the molecule is CCOc1cc(C(=O)Nc2ccccc2C(=O)NCc2ccco2)ccc1OC. The summed E-state index contributed by atoms with van der Waals surface area (Å²) in [5.41, 5.74) is 1.15. The van der Waals surface area contributed by atoms with Gasteiger partial charge in [0.2, 0.25) is 0 Å². The normalized spacial score (nSPS) is 10.3. The molecule has 29 heavy (non-hydrogen) atoms. The maximum atomic E-state index is 12.7. The molecule has 0 radical (unpaired) electrons. The van der Waals surface area contributed by atoms with Crippen LogP contribution in [-0.2, 0) is 6.54 Å². The van der Waals surface area contributed by atoms with Gasteiger partial charge in [0.05, 0.1) is 37.8 Å². The number of methoxy groups -OCH3 is 1. The first-order valence-corrected chi connectivity index (χ1v) is 9.14. The van der Waals surface area contributed by atoms with E-state index in [-0.39, 0.29) is 18.4 Å². The van der Waals surface area contributed by atoms with Crippen molar-refractivity contribution in [2.45, 2.75) is 13.5 Å². The molecule has 1 aromatic heterocycles. The van der Waals surface area contributed by atoms with E-state index in [9.17, 15) is 9.59 Å². The number of nitrogens with one attached hydrogen (secondary N) is 2. The van der Waals surface area contributed by atoms with Crippen LogP contribution in [0.3, 0.4) is 0 Å².